The van der Waals surface area contributed by atoms with Gasteiger partial charge in [0.15, 0.2) is 0 Å². The predicted octanol–water partition coefficient (Wildman–Crippen LogP) is 3.41. The summed E-state index contributed by atoms with van der Waals surface area (Å²) < 4.78 is 38.9. The fourth-order valence-electron chi connectivity index (χ4n) is 1.81. The highest BCUT2D eigenvalue weighted by Crippen LogP contribution is 2.30. The van der Waals surface area contributed by atoms with E-state index < -0.39 is 11.7 Å². The topological polar surface area (TPSA) is 46.9 Å². The van der Waals surface area contributed by atoms with Gasteiger partial charge in [-0.25, -0.2) is 9.78 Å². The van der Waals surface area contributed by atoms with Gasteiger partial charge in [0.1, 0.15) is 6.33 Å². The predicted molar refractivity (Wildman–Crippen MR) is 68.4 cm³/mol. The van der Waals surface area contributed by atoms with Crippen molar-refractivity contribution in [2.24, 2.45) is 0 Å². The number of rotatable bonds is 3. The molecule has 0 saturated carbocycles. The maximum absolute atomic E-state index is 12.6. The molecule has 108 valence electrons. The molecular formula is C13H14F3N3O. The molecule has 0 spiro atoms. The molecule has 0 unspecified atom stereocenters. The van der Waals surface area contributed by atoms with Crippen LogP contribution < -0.4 is 5.32 Å². The summed E-state index contributed by atoms with van der Waals surface area (Å²) in [5.74, 6) is 0. The lowest BCUT2D eigenvalue weighted by molar-refractivity contribution is -0.137. The maximum atomic E-state index is 12.6. The highest BCUT2D eigenvalue weighted by molar-refractivity contribution is 5.89. The average molecular weight is 285 g/mol. The quantitative estimate of drug-likeness (QED) is 0.878. The summed E-state index contributed by atoms with van der Waals surface area (Å²) in [6.45, 7) is 2.52. The summed E-state index contributed by atoms with van der Waals surface area (Å²) >= 11 is 0. The van der Waals surface area contributed by atoms with E-state index in [-0.39, 0.29) is 11.5 Å². The first-order chi connectivity index (χ1) is 9.43. The molecule has 0 aliphatic heterocycles. The van der Waals surface area contributed by atoms with Crippen LogP contribution >= 0.6 is 0 Å². The Kier molecular flexibility index (Phi) is 3.96. The number of aromatic nitrogens is 2. The summed E-state index contributed by atoms with van der Waals surface area (Å²) in [6, 6.07) is 2.75. The minimum absolute atomic E-state index is 0.144. The number of fused-ring (bicyclic) bond motifs is 1. The van der Waals surface area contributed by atoms with Crippen LogP contribution in [0.5, 0.6) is 0 Å². The Hall–Kier alpha value is -2.05. The van der Waals surface area contributed by atoms with Crippen molar-refractivity contribution in [3.8, 4) is 0 Å². The molecule has 1 N–H and O–H groups in total. The molecule has 1 aromatic carbocycles. The van der Waals surface area contributed by atoms with Gasteiger partial charge in [-0.2, -0.15) is 13.2 Å². The first-order valence-electron chi connectivity index (χ1n) is 6.26. The van der Waals surface area contributed by atoms with Crippen molar-refractivity contribution < 1.29 is 18.0 Å². The average Bonchev–Trinajstić information content (AvgIpc) is 2.80. The van der Waals surface area contributed by atoms with E-state index in [0.717, 1.165) is 25.0 Å². The van der Waals surface area contributed by atoms with E-state index in [2.05, 4.69) is 10.3 Å². The molecule has 0 atom stereocenters. The van der Waals surface area contributed by atoms with E-state index in [4.69, 9.17) is 0 Å². The zero-order valence-corrected chi connectivity index (χ0v) is 10.9. The van der Waals surface area contributed by atoms with Crippen molar-refractivity contribution in [3.63, 3.8) is 0 Å². The number of hydrogen-bond acceptors (Lipinski definition) is 2. The summed E-state index contributed by atoms with van der Waals surface area (Å²) in [5, 5.41) is 2.68. The van der Waals surface area contributed by atoms with Gasteiger partial charge >= 0.3 is 12.2 Å². The molecule has 0 aliphatic carbocycles. The summed E-state index contributed by atoms with van der Waals surface area (Å²) in [7, 11) is 0. The summed E-state index contributed by atoms with van der Waals surface area (Å²) in [4.78, 5) is 15.7. The van der Waals surface area contributed by atoms with Crippen LogP contribution in [0.25, 0.3) is 11.0 Å². The van der Waals surface area contributed by atoms with E-state index in [0.29, 0.717) is 12.1 Å². The largest absolute Gasteiger partial charge is 0.416 e. The lowest BCUT2D eigenvalue weighted by atomic mass is 10.2. The summed E-state index contributed by atoms with van der Waals surface area (Å²) in [6.07, 6.45) is -1.40. The molecule has 1 heterocycles. The molecule has 0 radical (unpaired) electrons. The highest BCUT2D eigenvalue weighted by atomic mass is 19.4. The van der Waals surface area contributed by atoms with Gasteiger partial charge in [0.2, 0.25) is 0 Å². The van der Waals surface area contributed by atoms with Crippen molar-refractivity contribution in [1.82, 2.24) is 14.9 Å². The Morgan fingerprint density at radius 1 is 1.40 bits per heavy atom. The number of nitrogens with one attached hydrogen (secondary N) is 1. The van der Waals surface area contributed by atoms with Gasteiger partial charge in [-0.15, -0.1) is 0 Å². The van der Waals surface area contributed by atoms with Crippen LogP contribution in [0.3, 0.4) is 0 Å². The molecule has 0 aliphatic rings. The van der Waals surface area contributed by atoms with Gasteiger partial charge in [0, 0.05) is 6.54 Å². The van der Waals surface area contributed by atoms with Crippen LogP contribution in [0.2, 0.25) is 0 Å². The van der Waals surface area contributed by atoms with Crippen LogP contribution in [0.1, 0.15) is 25.3 Å². The zero-order valence-electron chi connectivity index (χ0n) is 10.9. The lowest BCUT2D eigenvalue weighted by Crippen LogP contribution is -2.28. The molecule has 20 heavy (non-hydrogen) atoms. The second-order valence-corrected chi connectivity index (χ2v) is 4.40. The standard InChI is InChI=1S/C13H14F3N3O/c1-2-3-6-17-12(20)19-8-18-10-7-9(13(14,15)16)4-5-11(10)19/h4-5,7-8H,2-3,6H2,1H3,(H,17,20). The molecule has 7 heteroatoms. The number of carbonyl (C=O) groups excluding carboxylic acids is 1. The molecule has 1 aromatic heterocycles. The molecule has 4 nitrogen and oxygen atoms in total. The molecule has 1 amide bonds. The molecule has 0 saturated heterocycles. The Morgan fingerprint density at radius 2 is 2.15 bits per heavy atom. The number of unbranched alkanes of at least 4 members (excludes halogenated alkanes) is 1. The molecule has 0 fully saturated rings. The van der Waals surface area contributed by atoms with Gasteiger partial charge < -0.3 is 5.32 Å². The van der Waals surface area contributed by atoms with Crippen LogP contribution in [0, 0.1) is 0 Å². The van der Waals surface area contributed by atoms with Gasteiger partial charge in [-0.1, -0.05) is 13.3 Å². The molecular weight excluding hydrogens is 271 g/mol. The Balaban J connectivity index is 2.27. The van der Waals surface area contributed by atoms with Gasteiger partial charge in [0.05, 0.1) is 16.6 Å². The first-order valence-corrected chi connectivity index (χ1v) is 6.26. The SMILES string of the molecule is CCCCNC(=O)n1cnc2cc(C(F)(F)F)ccc21. The van der Waals surface area contributed by atoms with E-state index in [1.807, 2.05) is 6.92 Å². The zero-order chi connectivity index (χ0) is 14.8. The Morgan fingerprint density at radius 3 is 2.80 bits per heavy atom. The van der Waals surface area contributed by atoms with Crippen molar-refractivity contribution in [1.29, 1.82) is 0 Å². The van der Waals surface area contributed by atoms with Crippen LogP contribution in [0.15, 0.2) is 24.5 Å². The smallest absolute Gasteiger partial charge is 0.337 e. The molecule has 2 aromatic rings. The molecule has 0 bridgehead atoms. The third-order valence-corrected chi connectivity index (χ3v) is 2.90. The van der Waals surface area contributed by atoms with E-state index >= 15 is 0 Å². The Labute approximate surface area is 113 Å². The minimum Gasteiger partial charge on any atom is -0.337 e. The van der Waals surface area contributed by atoms with E-state index in [1.54, 1.807) is 0 Å². The van der Waals surface area contributed by atoms with E-state index in [9.17, 15) is 18.0 Å². The highest BCUT2D eigenvalue weighted by Gasteiger charge is 2.31. The number of halogens is 3. The van der Waals surface area contributed by atoms with Crippen molar-refractivity contribution in [3.05, 3.63) is 30.1 Å². The fourth-order valence-corrected chi connectivity index (χ4v) is 1.81. The van der Waals surface area contributed by atoms with Gasteiger partial charge in [0.25, 0.3) is 0 Å². The van der Waals surface area contributed by atoms with Crippen LogP contribution in [0.4, 0.5) is 18.0 Å². The van der Waals surface area contributed by atoms with Crippen molar-refractivity contribution in [2.75, 3.05) is 6.54 Å². The summed E-state index contributed by atoms with van der Waals surface area (Å²) in [5.41, 5.74) is -0.279. The number of amides is 1. The number of benzene rings is 1. The van der Waals surface area contributed by atoms with Gasteiger partial charge in [-0.3, -0.25) is 4.57 Å². The van der Waals surface area contributed by atoms with E-state index in [1.165, 1.54) is 17.0 Å². The van der Waals surface area contributed by atoms with Crippen molar-refractivity contribution in [2.45, 2.75) is 25.9 Å². The normalized spacial score (nSPS) is 11.8. The third kappa shape index (κ3) is 2.92. The second-order valence-electron chi connectivity index (χ2n) is 4.40. The Bertz CT molecular complexity index is 619. The van der Waals surface area contributed by atoms with Crippen LogP contribution in [-0.4, -0.2) is 22.1 Å². The maximum Gasteiger partial charge on any atom is 0.416 e. The van der Waals surface area contributed by atoms with Crippen molar-refractivity contribution >= 4 is 17.1 Å². The monoisotopic (exact) mass is 285 g/mol. The number of hydrogen-bond donors (Lipinski definition) is 1. The van der Waals surface area contributed by atoms with Gasteiger partial charge in [-0.05, 0) is 24.6 Å². The minimum atomic E-state index is -4.42. The molecule has 2 rings (SSSR count). The second kappa shape index (κ2) is 5.52. The number of alkyl halides is 3. The number of carbonyl (C=O) groups is 1. The lowest BCUT2D eigenvalue weighted by Gasteiger charge is -2.07. The number of nitrogens with zero attached hydrogens (tertiary/aromatic N) is 2. The third-order valence-electron chi connectivity index (χ3n) is 2.90. The first kappa shape index (κ1) is 14.4. The van der Waals surface area contributed by atoms with Crippen LogP contribution in [-0.2, 0) is 6.18 Å². The fraction of sp³-hybridized carbons (Fsp3) is 0.385. The number of imidazole rings is 1.